The van der Waals surface area contributed by atoms with Crippen LogP contribution in [-0.2, 0) is 12.5 Å². The molecule has 0 spiro atoms. The molecular weight excluding hydrogens is 366 g/mol. The van der Waals surface area contributed by atoms with Crippen molar-refractivity contribution in [2.75, 3.05) is 5.73 Å². The Morgan fingerprint density at radius 1 is 1.03 bits per heavy atom. The van der Waals surface area contributed by atoms with E-state index in [0.717, 1.165) is 22.4 Å². The Morgan fingerprint density at radius 2 is 1.72 bits per heavy atom. The van der Waals surface area contributed by atoms with E-state index in [0.29, 0.717) is 11.7 Å². The smallest absolute Gasteiger partial charge is 0.276 e. The van der Waals surface area contributed by atoms with Crippen LogP contribution in [0.3, 0.4) is 0 Å². The van der Waals surface area contributed by atoms with E-state index in [9.17, 15) is 0 Å². The third-order valence-electron chi connectivity index (χ3n) is 5.57. The summed E-state index contributed by atoms with van der Waals surface area (Å²) >= 11 is 0. The predicted octanol–water partition coefficient (Wildman–Crippen LogP) is 3.47. The zero-order valence-corrected chi connectivity index (χ0v) is 16.9. The molecule has 0 radical (unpaired) electrons. The Labute approximate surface area is 168 Å². The summed E-state index contributed by atoms with van der Waals surface area (Å²) in [7, 11) is 1.85. The first-order valence-electron chi connectivity index (χ1n) is 9.40. The molecule has 0 unspecified atom stereocenters. The van der Waals surface area contributed by atoms with Gasteiger partial charge >= 0.3 is 0 Å². The molecular formula is C21H23N7O. The number of hydrogen-bond donors (Lipinski definition) is 1. The van der Waals surface area contributed by atoms with Crippen molar-refractivity contribution in [1.82, 2.24) is 29.9 Å². The minimum atomic E-state index is -0.420. The minimum absolute atomic E-state index is 0.241. The standard InChI is InChI=1S/C21H23N7O/c1-13(2)21(3,19-26-18(29-27-19)17-9-10-25-28(17)4)16-7-5-14(6-8-16)15-11-23-20(22)24-12-15/h5-13H,1-4H3,(H2,22,23,24)/t21-/m1/s1. The van der Waals surface area contributed by atoms with Crippen LogP contribution >= 0.6 is 0 Å². The Kier molecular flexibility index (Phi) is 4.62. The van der Waals surface area contributed by atoms with Crippen LogP contribution < -0.4 is 5.73 Å². The van der Waals surface area contributed by atoms with Gasteiger partial charge in [0, 0.05) is 31.2 Å². The summed E-state index contributed by atoms with van der Waals surface area (Å²) in [5.41, 5.74) is 8.98. The molecule has 0 aliphatic rings. The quantitative estimate of drug-likeness (QED) is 0.556. The minimum Gasteiger partial charge on any atom is -0.368 e. The topological polar surface area (TPSA) is 109 Å². The average molecular weight is 389 g/mol. The predicted molar refractivity (Wildman–Crippen MR) is 110 cm³/mol. The first-order chi connectivity index (χ1) is 13.9. The molecule has 4 rings (SSSR count). The maximum atomic E-state index is 5.58. The molecule has 29 heavy (non-hydrogen) atoms. The van der Waals surface area contributed by atoms with Crippen molar-refractivity contribution in [2.24, 2.45) is 13.0 Å². The molecule has 0 bridgehead atoms. The fourth-order valence-corrected chi connectivity index (χ4v) is 3.34. The van der Waals surface area contributed by atoms with Crippen molar-refractivity contribution in [3.8, 4) is 22.7 Å². The molecule has 0 fully saturated rings. The molecule has 0 saturated heterocycles. The van der Waals surface area contributed by atoms with Crippen molar-refractivity contribution in [3.63, 3.8) is 0 Å². The van der Waals surface area contributed by atoms with Crippen LogP contribution in [0.4, 0.5) is 5.95 Å². The van der Waals surface area contributed by atoms with Gasteiger partial charge in [0.2, 0.25) is 5.95 Å². The van der Waals surface area contributed by atoms with Crippen molar-refractivity contribution in [3.05, 3.63) is 60.3 Å². The fourth-order valence-electron chi connectivity index (χ4n) is 3.34. The van der Waals surface area contributed by atoms with Crippen LogP contribution in [0.1, 0.15) is 32.2 Å². The van der Waals surface area contributed by atoms with Crippen LogP contribution in [-0.4, -0.2) is 29.9 Å². The van der Waals surface area contributed by atoms with Crippen molar-refractivity contribution in [1.29, 1.82) is 0 Å². The molecule has 3 aromatic heterocycles. The summed E-state index contributed by atoms with van der Waals surface area (Å²) in [5.74, 6) is 1.61. The van der Waals surface area contributed by atoms with Crippen molar-refractivity contribution in [2.45, 2.75) is 26.2 Å². The number of rotatable bonds is 5. The van der Waals surface area contributed by atoms with Gasteiger partial charge in [0.15, 0.2) is 5.82 Å². The van der Waals surface area contributed by atoms with E-state index in [1.165, 1.54) is 0 Å². The molecule has 0 aliphatic carbocycles. The highest BCUT2D eigenvalue weighted by atomic mass is 16.5. The third kappa shape index (κ3) is 3.26. The number of anilines is 1. The molecule has 0 saturated carbocycles. The van der Waals surface area contributed by atoms with Gasteiger partial charge in [-0.3, -0.25) is 4.68 Å². The van der Waals surface area contributed by atoms with Gasteiger partial charge in [0.1, 0.15) is 5.69 Å². The molecule has 0 aliphatic heterocycles. The Bertz CT molecular complexity index is 1110. The average Bonchev–Trinajstić information content (AvgIpc) is 3.37. The number of aromatic nitrogens is 6. The lowest BCUT2D eigenvalue weighted by molar-refractivity contribution is 0.350. The molecule has 3 heterocycles. The lowest BCUT2D eigenvalue weighted by atomic mass is 9.72. The summed E-state index contributed by atoms with van der Waals surface area (Å²) in [4.78, 5) is 12.8. The van der Waals surface area contributed by atoms with Gasteiger partial charge < -0.3 is 10.3 Å². The number of benzene rings is 1. The first-order valence-corrected chi connectivity index (χ1v) is 9.40. The van der Waals surface area contributed by atoms with Gasteiger partial charge in [-0.05, 0) is 30.0 Å². The maximum Gasteiger partial charge on any atom is 0.276 e. The van der Waals surface area contributed by atoms with E-state index in [-0.39, 0.29) is 11.9 Å². The molecule has 8 heteroatoms. The third-order valence-corrected chi connectivity index (χ3v) is 5.57. The van der Waals surface area contributed by atoms with Gasteiger partial charge in [-0.2, -0.15) is 10.1 Å². The number of nitrogens with two attached hydrogens (primary N) is 1. The highest BCUT2D eigenvalue weighted by Gasteiger charge is 2.37. The van der Waals surface area contributed by atoms with Crippen molar-refractivity contribution < 1.29 is 4.52 Å². The van der Waals surface area contributed by atoms with Gasteiger partial charge in [-0.15, -0.1) is 0 Å². The zero-order chi connectivity index (χ0) is 20.6. The van der Waals surface area contributed by atoms with Crippen LogP contribution in [0.15, 0.2) is 53.4 Å². The normalized spacial score (nSPS) is 13.6. The van der Waals surface area contributed by atoms with Crippen LogP contribution in [0.5, 0.6) is 0 Å². The van der Waals surface area contributed by atoms with Gasteiger partial charge in [0.05, 0.1) is 5.41 Å². The molecule has 0 amide bonds. The van der Waals surface area contributed by atoms with Gasteiger partial charge in [-0.1, -0.05) is 43.3 Å². The molecule has 4 aromatic rings. The van der Waals surface area contributed by atoms with E-state index >= 15 is 0 Å². The summed E-state index contributed by atoms with van der Waals surface area (Å²) in [6.07, 6.45) is 5.15. The van der Waals surface area contributed by atoms with E-state index in [1.807, 2.05) is 25.2 Å². The Balaban J connectivity index is 1.71. The van der Waals surface area contributed by atoms with Crippen LogP contribution in [0.25, 0.3) is 22.7 Å². The molecule has 1 atom stereocenters. The molecule has 2 N–H and O–H groups in total. The number of nitrogen functional groups attached to an aromatic ring is 1. The van der Waals surface area contributed by atoms with E-state index in [1.54, 1.807) is 23.3 Å². The molecule has 8 nitrogen and oxygen atoms in total. The Hall–Kier alpha value is -3.55. The van der Waals surface area contributed by atoms with Gasteiger partial charge in [-0.25, -0.2) is 9.97 Å². The second-order valence-electron chi connectivity index (χ2n) is 7.53. The second kappa shape index (κ2) is 7.12. The summed E-state index contributed by atoms with van der Waals surface area (Å²) in [5, 5.41) is 8.48. The van der Waals surface area contributed by atoms with E-state index in [4.69, 9.17) is 15.2 Å². The monoisotopic (exact) mass is 389 g/mol. The molecule has 148 valence electrons. The highest BCUT2D eigenvalue weighted by Crippen LogP contribution is 2.38. The first kappa shape index (κ1) is 18.8. The Morgan fingerprint density at radius 3 is 2.31 bits per heavy atom. The van der Waals surface area contributed by atoms with Crippen LogP contribution in [0, 0.1) is 5.92 Å². The SMILES string of the molecule is CC(C)[C@](C)(c1ccc(-c2cnc(N)nc2)cc1)c1noc(-c2ccnn2C)n1. The second-order valence-corrected chi connectivity index (χ2v) is 7.53. The maximum absolute atomic E-state index is 5.58. The number of nitrogens with zero attached hydrogens (tertiary/aromatic N) is 6. The number of aryl methyl sites for hydroxylation is 1. The largest absolute Gasteiger partial charge is 0.368 e. The fraction of sp³-hybridized carbons (Fsp3) is 0.286. The number of hydrogen-bond acceptors (Lipinski definition) is 7. The van der Waals surface area contributed by atoms with Crippen LogP contribution in [0.2, 0.25) is 0 Å². The van der Waals surface area contributed by atoms with E-state index < -0.39 is 5.41 Å². The zero-order valence-electron chi connectivity index (χ0n) is 16.9. The lowest BCUT2D eigenvalue weighted by Crippen LogP contribution is -2.31. The van der Waals surface area contributed by atoms with Crippen molar-refractivity contribution >= 4 is 5.95 Å². The summed E-state index contributed by atoms with van der Waals surface area (Å²) < 4.78 is 7.28. The lowest BCUT2D eigenvalue weighted by Gasteiger charge is -2.31. The van der Waals surface area contributed by atoms with E-state index in [2.05, 4.69) is 53.1 Å². The highest BCUT2D eigenvalue weighted by molar-refractivity contribution is 5.62. The molecule has 1 aromatic carbocycles. The van der Waals surface area contributed by atoms with Gasteiger partial charge in [0.25, 0.3) is 5.89 Å². The summed E-state index contributed by atoms with van der Waals surface area (Å²) in [6, 6.07) is 10.1. The summed E-state index contributed by atoms with van der Waals surface area (Å²) in [6.45, 7) is 6.44.